The summed E-state index contributed by atoms with van der Waals surface area (Å²) in [5.74, 6) is -0.0626. The molecule has 2 heterocycles. The molecule has 0 aliphatic carbocycles. The highest BCUT2D eigenvalue weighted by molar-refractivity contribution is 5.93. The largest absolute Gasteiger partial charge is 0.329 e. The third-order valence-electron chi connectivity index (χ3n) is 3.94. The molecule has 24 heavy (non-hydrogen) atoms. The molecule has 0 atom stereocenters. The Labute approximate surface area is 136 Å². The minimum atomic E-state index is -0.412. The van der Waals surface area contributed by atoms with Crippen molar-refractivity contribution in [3.8, 4) is 0 Å². The van der Waals surface area contributed by atoms with Crippen molar-refractivity contribution in [2.75, 3.05) is 11.9 Å². The Morgan fingerprint density at radius 2 is 1.96 bits per heavy atom. The molecule has 0 saturated carbocycles. The van der Waals surface area contributed by atoms with Gasteiger partial charge in [0, 0.05) is 12.7 Å². The summed E-state index contributed by atoms with van der Waals surface area (Å²) in [6.07, 6.45) is 1.49. The zero-order valence-corrected chi connectivity index (χ0v) is 13.0. The van der Waals surface area contributed by atoms with Crippen molar-refractivity contribution in [3.05, 3.63) is 59.9 Å². The first-order valence-electron chi connectivity index (χ1n) is 7.33. The first kappa shape index (κ1) is 14.5. The highest BCUT2D eigenvalue weighted by atomic mass is 19.1. The molecule has 0 fully saturated rings. The SMILES string of the molecule is Cc1cc(F)cc(N(C)c2nc3nncn3c3cccc(F)c23)c1. The van der Waals surface area contributed by atoms with Gasteiger partial charge in [0.15, 0.2) is 0 Å². The average Bonchev–Trinajstić information content (AvgIpc) is 3.01. The topological polar surface area (TPSA) is 46.3 Å². The van der Waals surface area contributed by atoms with Crippen LogP contribution in [0.2, 0.25) is 0 Å². The van der Waals surface area contributed by atoms with Gasteiger partial charge in [0.25, 0.3) is 5.78 Å². The van der Waals surface area contributed by atoms with Gasteiger partial charge in [-0.05, 0) is 42.8 Å². The molecule has 4 aromatic rings. The fourth-order valence-electron chi connectivity index (χ4n) is 2.84. The molecule has 4 rings (SSSR count). The van der Waals surface area contributed by atoms with Crippen LogP contribution in [0.3, 0.4) is 0 Å². The van der Waals surface area contributed by atoms with E-state index >= 15 is 0 Å². The van der Waals surface area contributed by atoms with Crippen molar-refractivity contribution < 1.29 is 8.78 Å². The van der Waals surface area contributed by atoms with Crippen LogP contribution in [-0.2, 0) is 0 Å². The molecule has 0 bridgehead atoms. The maximum absolute atomic E-state index is 14.5. The number of fused-ring (bicyclic) bond motifs is 3. The monoisotopic (exact) mass is 325 g/mol. The predicted molar refractivity (Wildman–Crippen MR) is 87.4 cm³/mol. The minimum absolute atomic E-state index is 0.328. The average molecular weight is 325 g/mol. The lowest BCUT2D eigenvalue weighted by molar-refractivity contribution is 0.626. The molecule has 0 aliphatic heterocycles. The van der Waals surface area contributed by atoms with E-state index in [-0.39, 0.29) is 5.82 Å². The van der Waals surface area contributed by atoms with Crippen molar-refractivity contribution in [1.29, 1.82) is 0 Å². The highest BCUT2D eigenvalue weighted by Gasteiger charge is 2.18. The Morgan fingerprint density at radius 1 is 1.12 bits per heavy atom. The molecule has 120 valence electrons. The van der Waals surface area contributed by atoms with Crippen LogP contribution in [0.4, 0.5) is 20.3 Å². The van der Waals surface area contributed by atoms with Gasteiger partial charge in [0.1, 0.15) is 23.8 Å². The van der Waals surface area contributed by atoms with Crippen LogP contribution in [0.5, 0.6) is 0 Å². The Morgan fingerprint density at radius 3 is 2.75 bits per heavy atom. The molecule has 2 aromatic heterocycles. The van der Waals surface area contributed by atoms with Gasteiger partial charge in [-0.2, -0.15) is 4.98 Å². The molecule has 0 amide bonds. The standard InChI is InChI=1S/C17H13F2N5/c1-10-6-11(18)8-12(7-10)23(2)16-15-13(19)4-3-5-14(15)24-9-20-22-17(24)21-16/h3-9H,1-2H3. The molecule has 5 nitrogen and oxygen atoms in total. The van der Waals surface area contributed by atoms with Crippen LogP contribution >= 0.6 is 0 Å². The predicted octanol–water partition coefficient (Wildman–Crippen LogP) is 3.63. The summed E-state index contributed by atoms with van der Waals surface area (Å²) in [6.45, 7) is 1.80. The summed E-state index contributed by atoms with van der Waals surface area (Å²) < 4.78 is 29.9. The first-order chi connectivity index (χ1) is 11.5. The van der Waals surface area contributed by atoms with Gasteiger partial charge in [-0.1, -0.05) is 6.07 Å². The van der Waals surface area contributed by atoms with Crippen molar-refractivity contribution in [2.24, 2.45) is 0 Å². The Bertz CT molecular complexity index is 1050. The van der Waals surface area contributed by atoms with Gasteiger partial charge in [-0.3, -0.25) is 4.40 Å². The number of hydrogen-bond donors (Lipinski definition) is 0. The summed E-state index contributed by atoms with van der Waals surface area (Å²) >= 11 is 0. The molecule has 0 N–H and O–H groups in total. The number of nitrogens with zero attached hydrogens (tertiary/aromatic N) is 5. The van der Waals surface area contributed by atoms with Gasteiger partial charge >= 0.3 is 0 Å². The lowest BCUT2D eigenvalue weighted by atomic mass is 10.1. The molecule has 0 unspecified atom stereocenters. The molecule has 0 saturated heterocycles. The molecular formula is C17H13F2N5. The maximum atomic E-state index is 14.5. The summed E-state index contributed by atoms with van der Waals surface area (Å²) in [6, 6.07) is 9.39. The number of hydrogen-bond acceptors (Lipinski definition) is 4. The second kappa shape index (κ2) is 5.23. The van der Waals surface area contributed by atoms with Crippen LogP contribution in [-0.4, -0.2) is 26.6 Å². The first-order valence-corrected chi connectivity index (χ1v) is 7.33. The van der Waals surface area contributed by atoms with Crippen LogP contribution < -0.4 is 4.90 Å². The van der Waals surface area contributed by atoms with Crippen molar-refractivity contribution in [3.63, 3.8) is 0 Å². The normalized spacial score (nSPS) is 11.3. The number of benzene rings is 2. The smallest absolute Gasteiger partial charge is 0.257 e. The summed E-state index contributed by atoms with van der Waals surface area (Å²) in [5, 5.41) is 8.11. The maximum Gasteiger partial charge on any atom is 0.257 e. The van der Waals surface area contributed by atoms with Crippen molar-refractivity contribution in [2.45, 2.75) is 6.92 Å². The number of rotatable bonds is 2. The van der Waals surface area contributed by atoms with E-state index in [2.05, 4.69) is 15.2 Å². The van der Waals surface area contributed by atoms with Gasteiger partial charge in [0.05, 0.1) is 10.9 Å². The summed E-state index contributed by atoms with van der Waals surface area (Å²) in [4.78, 5) is 6.06. The van der Waals surface area contributed by atoms with Gasteiger partial charge in [-0.15, -0.1) is 10.2 Å². The van der Waals surface area contributed by atoms with Gasteiger partial charge in [-0.25, -0.2) is 8.78 Å². The molecule has 7 heteroatoms. The quantitative estimate of drug-likeness (QED) is 0.564. The highest BCUT2D eigenvalue weighted by Crippen LogP contribution is 2.32. The number of anilines is 2. The summed E-state index contributed by atoms with van der Waals surface area (Å²) in [5.41, 5.74) is 1.94. The zero-order chi connectivity index (χ0) is 16.8. The van der Waals surface area contributed by atoms with E-state index in [1.54, 1.807) is 35.4 Å². The lowest BCUT2D eigenvalue weighted by Crippen LogP contribution is -2.14. The van der Waals surface area contributed by atoms with E-state index in [0.717, 1.165) is 5.56 Å². The van der Waals surface area contributed by atoms with Crippen molar-refractivity contribution >= 4 is 28.2 Å². The zero-order valence-electron chi connectivity index (χ0n) is 13.0. The second-order valence-electron chi connectivity index (χ2n) is 5.62. The Hall–Kier alpha value is -3.09. The van der Waals surface area contributed by atoms with Crippen LogP contribution in [0, 0.1) is 18.6 Å². The van der Waals surface area contributed by atoms with Crippen LogP contribution in [0.15, 0.2) is 42.7 Å². The van der Waals surface area contributed by atoms with Gasteiger partial charge < -0.3 is 4.90 Å². The fraction of sp³-hybridized carbons (Fsp3) is 0.118. The Kier molecular flexibility index (Phi) is 3.16. The lowest BCUT2D eigenvalue weighted by Gasteiger charge is -2.21. The number of aromatic nitrogens is 4. The summed E-state index contributed by atoms with van der Waals surface area (Å²) in [7, 11) is 1.72. The van der Waals surface area contributed by atoms with E-state index in [1.807, 2.05) is 6.07 Å². The minimum Gasteiger partial charge on any atom is -0.329 e. The van der Waals surface area contributed by atoms with Crippen molar-refractivity contribution in [1.82, 2.24) is 19.6 Å². The van der Waals surface area contributed by atoms with E-state index in [1.165, 1.54) is 24.5 Å². The molecule has 0 radical (unpaired) electrons. The van der Waals surface area contributed by atoms with E-state index in [0.29, 0.717) is 28.2 Å². The third-order valence-corrected chi connectivity index (χ3v) is 3.94. The molecule has 0 spiro atoms. The fourth-order valence-corrected chi connectivity index (χ4v) is 2.84. The molecular weight excluding hydrogens is 312 g/mol. The second-order valence-corrected chi connectivity index (χ2v) is 5.62. The number of halogens is 2. The Balaban J connectivity index is 2.03. The van der Waals surface area contributed by atoms with Crippen LogP contribution in [0.25, 0.3) is 16.7 Å². The van der Waals surface area contributed by atoms with E-state index in [4.69, 9.17) is 0 Å². The number of aryl methyl sites for hydroxylation is 1. The van der Waals surface area contributed by atoms with Gasteiger partial charge in [0.2, 0.25) is 0 Å². The third kappa shape index (κ3) is 2.17. The molecule has 0 aliphatic rings. The molecule has 2 aromatic carbocycles. The van der Waals surface area contributed by atoms with E-state index in [9.17, 15) is 8.78 Å². The van der Waals surface area contributed by atoms with E-state index < -0.39 is 5.82 Å². The van der Waals surface area contributed by atoms with Crippen LogP contribution in [0.1, 0.15) is 5.56 Å².